The number of carboxylic acids is 1. The van der Waals surface area contributed by atoms with Crippen molar-refractivity contribution in [3.63, 3.8) is 0 Å². The lowest BCUT2D eigenvalue weighted by atomic mass is 9.75. The van der Waals surface area contributed by atoms with Crippen LogP contribution in [0.3, 0.4) is 0 Å². The molecule has 1 aliphatic carbocycles. The Kier molecular flexibility index (Phi) is 4.91. The van der Waals surface area contributed by atoms with Gasteiger partial charge in [-0.3, -0.25) is 9.59 Å². The average molecular weight is 296 g/mol. The molecule has 0 bridgehead atoms. The van der Waals surface area contributed by atoms with Gasteiger partial charge in [0.05, 0.1) is 17.4 Å². The Morgan fingerprint density at radius 1 is 1.14 bits per heavy atom. The van der Waals surface area contributed by atoms with Gasteiger partial charge in [0, 0.05) is 13.6 Å². The highest BCUT2D eigenvalue weighted by Gasteiger charge is 2.46. The van der Waals surface area contributed by atoms with Gasteiger partial charge < -0.3 is 15.3 Å². The minimum Gasteiger partial charge on any atom is -0.481 e. The Morgan fingerprint density at radius 3 is 2.33 bits per heavy atom. The quantitative estimate of drug-likeness (QED) is 0.832. The second kappa shape index (κ2) is 6.34. The smallest absolute Gasteiger partial charge is 0.305 e. The number of carbonyl (C=O) groups is 2. The van der Waals surface area contributed by atoms with Crippen molar-refractivity contribution in [2.45, 2.75) is 63.8 Å². The van der Waals surface area contributed by atoms with Crippen LogP contribution in [0, 0.1) is 5.41 Å². The van der Waals surface area contributed by atoms with Gasteiger partial charge in [-0.1, -0.05) is 19.3 Å². The second-order valence-corrected chi connectivity index (χ2v) is 7.06. The Morgan fingerprint density at radius 2 is 1.81 bits per heavy atom. The molecule has 2 fully saturated rings. The average Bonchev–Trinajstić information content (AvgIpc) is 2.46. The molecule has 5 heteroatoms. The number of aliphatic carboxylic acids is 1. The molecule has 1 heterocycles. The summed E-state index contributed by atoms with van der Waals surface area (Å²) in [7, 11) is 1.82. The number of hydrogen-bond acceptors (Lipinski definition) is 3. The van der Waals surface area contributed by atoms with Gasteiger partial charge in [0.15, 0.2) is 0 Å². The Hall–Kier alpha value is -1.10. The molecule has 2 aliphatic rings. The topological polar surface area (TPSA) is 69.6 Å². The van der Waals surface area contributed by atoms with Crippen molar-refractivity contribution < 1.29 is 14.7 Å². The van der Waals surface area contributed by atoms with Crippen LogP contribution in [0.15, 0.2) is 0 Å². The van der Waals surface area contributed by atoms with Crippen molar-refractivity contribution in [3.8, 4) is 0 Å². The van der Waals surface area contributed by atoms with Crippen molar-refractivity contribution in [2.75, 3.05) is 20.1 Å². The molecule has 0 aromatic carbocycles. The van der Waals surface area contributed by atoms with Crippen LogP contribution in [-0.4, -0.2) is 47.6 Å². The predicted octanol–water partition coefficient (Wildman–Crippen LogP) is 2.01. The fourth-order valence-electron chi connectivity index (χ4n) is 3.98. The third-order valence-corrected chi connectivity index (χ3v) is 5.39. The van der Waals surface area contributed by atoms with Crippen molar-refractivity contribution in [2.24, 2.45) is 5.41 Å². The minimum absolute atomic E-state index is 0.0682. The maximum Gasteiger partial charge on any atom is 0.305 e. The summed E-state index contributed by atoms with van der Waals surface area (Å²) in [5.41, 5.74) is -0.877. The molecule has 1 amide bonds. The molecule has 1 saturated heterocycles. The highest BCUT2D eigenvalue weighted by atomic mass is 16.4. The summed E-state index contributed by atoms with van der Waals surface area (Å²) in [5, 5.41) is 12.6. The second-order valence-electron chi connectivity index (χ2n) is 7.06. The van der Waals surface area contributed by atoms with E-state index in [2.05, 4.69) is 5.32 Å². The number of piperidine rings is 1. The predicted molar refractivity (Wildman–Crippen MR) is 81.0 cm³/mol. The largest absolute Gasteiger partial charge is 0.481 e. The van der Waals surface area contributed by atoms with Crippen LogP contribution in [0.2, 0.25) is 0 Å². The van der Waals surface area contributed by atoms with E-state index in [-0.39, 0.29) is 12.3 Å². The summed E-state index contributed by atoms with van der Waals surface area (Å²) in [4.78, 5) is 26.1. The lowest BCUT2D eigenvalue weighted by molar-refractivity contribution is -0.152. The number of amides is 1. The molecular formula is C16H28N2O3. The standard InChI is InChI=1S/C16H28N2O3/c1-15(7-6-10-17-12-15)14(21)18(2)16(11-13(19)20)8-4-3-5-9-16/h17H,3-12H2,1-2H3,(H,19,20). The Balaban J connectivity index is 2.18. The summed E-state index contributed by atoms with van der Waals surface area (Å²) in [6, 6.07) is 0. The highest BCUT2D eigenvalue weighted by Crippen LogP contribution is 2.39. The molecule has 21 heavy (non-hydrogen) atoms. The molecule has 0 aromatic rings. The lowest BCUT2D eigenvalue weighted by Crippen LogP contribution is -2.58. The lowest BCUT2D eigenvalue weighted by Gasteiger charge is -2.47. The van der Waals surface area contributed by atoms with E-state index in [4.69, 9.17) is 0 Å². The number of carbonyl (C=O) groups excluding carboxylic acids is 1. The Bertz CT molecular complexity index is 396. The molecule has 0 spiro atoms. The number of nitrogens with one attached hydrogen (secondary N) is 1. The molecule has 0 radical (unpaired) electrons. The highest BCUT2D eigenvalue weighted by molar-refractivity contribution is 5.84. The molecular weight excluding hydrogens is 268 g/mol. The van der Waals surface area contributed by atoms with Crippen molar-refractivity contribution in [1.29, 1.82) is 0 Å². The van der Waals surface area contributed by atoms with E-state index >= 15 is 0 Å². The van der Waals surface area contributed by atoms with Crippen molar-refractivity contribution in [1.82, 2.24) is 10.2 Å². The SMILES string of the molecule is CN(C(=O)C1(C)CCCNC1)C1(CC(=O)O)CCCCC1. The molecule has 1 unspecified atom stereocenters. The van der Waals surface area contributed by atoms with E-state index in [0.29, 0.717) is 6.54 Å². The van der Waals surface area contributed by atoms with Gasteiger partial charge in [-0.2, -0.15) is 0 Å². The van der Waals surface area contributed by atoms with Gasteiger partial charge in [-0.15, -0.1) is 0 Å². The number of nitrogens with zero attached hydrogens (tertiary/aromatic N) is 1. The summed E-state index contributed by atoms with van der Waals surface area (Å²) >= 11 is 0. The zero-order chi connectivity index (χ0) is 15.5. The van der Waals surface area contributed by atoms with Crippen LogP contribution in [0.4, 0.5) is 0 Å². The number of rotatable bonds is 4. The molecule has 1 aliphatic heterocycles. The van der Waals surface area contributed by atoms with E-state index in [1.165, 1.54) is 0 Å². The molecule has 1 saturated carbocycles. The van der Waals surface area contributed by atoms with Gasteiger partial charge in [-0.05, 0) is 39.2 Å². The van der Waals surface area contributed by atoms with E-state index in [0.717, 1.165) is 51.5 Å². The normalized spacial score (nSPS) is 28.9. The summed E-state index contributed by atoms with van der Waals surface area (Å²) < 4.78 is 0. The van der Waals surface area contributed by atoms with Crippen LogP contribution >= 0.6 is 0 Å². The minimum atomic E-state index is -0.802. The summed E-state index contributed by atoms with van der Waals surface area (Å²) in [6.07, 6.45) is 6.74. The van der Waals surface area contributed by atoms with Crippen LogP contribution < -0.4 is 5.32 Å². The Labute approximate surface area is 127 Å². The van der Waals surface area contributed by atoms with E-state index < -0.39 is 16.9 Å². The first-order chi connectivity index (χ1) is 9.90. The molecule has 120 valence electrons. The van der Waals surface area contributed by atoms with Crippen LogP contribution in [0.5, 0.6) is 0 Å². The molecule has 1 atom stereocenters. The zero-order valence-electron chi connectivity index (χ0n) is 13.3. The third-order valence-electron chi connectivity index (χ3n) is 5.39. The van der Waals surface area contributed by atoms with Crippen LogP contribution in [0.25, 0.3) is 0 Å². The maximum atomic E-state index is 13.0. The first-order valence-electron chi connectivity index (χ1n) is 8.10. The first kappa shape index (κ1) is 16.3. The fourth-order valence-corrected chi connectivity index (χ4v) is 3.98. The van der Waals surface area contributed by atoms with Gasteiger partial charge in [0.25, 0.3) is 0 Å². The van der Waals surface area contributed by atoms with E-state index in [9.17, 15) is 14.7 Å². The van der Waals surface area contributed by atoms with Crippen molar-refractivity contribution in [3.05, 3.63) is 0 Å². The molecule has 0 aromatic heterocycles. The number of carboxylic acid groups (broad SMARTS) is 1. The fraction of sp³-hybridized carbons (Fsp3) is 0.875. The van der Waals surface area contributed by atoms with Gasteiger partial charge in [0.2, 0.25) is 5.91 Å². The summed E-state index contributed by atoms with van der Waals surface area (Å²) in [6.45, 7) is 3.67. The molecule has 2 rings (SSSR count). The first-order valence-corrected chi connectivity index (χ1v) is 8.10. The third kappa shape index (κ3) is 3.39. The maximum absolute atomic E-state index is 13.0. The van der Waals surface area contributed by atoms with Gasteiger partial charge in [0.1, 0.15) is 0 Å². The number of hydrogen-bond donors (Lipinski definition) is 2. The van der Waals surface area contributed by atoms with Gasteiger partial charge >= 0.3 is 5.97 Å². The zero-order valence-corrected chi connectivity index (χ0v) is 13.3. The van der Waals surface area contributed by atoms with Crippen LogP contribution in [0.1, 0.15) is 58.3 Å². The van der Waals surface area contributed by atoms with E-state index in [1.807, 2.05) is 14.0 Å². The van der Waals surface area contributed by atoms with Crippen LogP contribution in [-0.2, 0) is 9.59 Å². The van der Waals surface area contributed by atoms with E-state index in [1.54, 1.807) is 4.90 Å². The van der Waals surface area contributed by atoms with Gasteiger partial charge in [-0.25, -0.2) is 0 Å². The van der Waals surface area contributed by atoms with Crippen molar-refractivity contribution >= 4 is 11.9 Å². The summed E-state index contributed by atoms with van der Waals surface area (Å²) in [5.74, 6) is -0.693. The molecule has 5 nitrogen and oxygen atoms in total. The molecule has 2 N–H and O–H groups in total. The monoisotopic (exact) mass is 296 g/mol.